The van der Waals surface area contributed by atoms with Gasteiger partial charge in [-0.15, -0.1) is 0 Å². The van der Waals surface area contributed by atoms with Crippen molar-refractivity contribution in [2.24, 2.45) is 4.99 Å². The number of halogens is 1. The molecule has 2 aromatic rings. The monoisotopic (exact) mass is 295 g/mol. The van der Waals surface area contributed by atoms with Crippen LogP contribution in [0.1, 0.15) is 37.7 Å². The lowest BCUT2D eigenvalue weighted by molar-refractivity contribution is 0.391. The number of aliphatic imine (C=N–C) groups is 1. The number of rotatable bonds is 1. The highest BCUT2D eigenvalue weighted by Gasteiger charge is 2.37. The summed E-state index contributed by atoms with van der Waals surface area (Å²) in [6, 6.07) is 14.7. The third-order valence-corrected chi connectivity index (χ3v) is 5.12. The molecule has 2 aromatic carbocycles. The maximum Gasteiger partial charge on any atom is 0.0667 e. The first-order valence-corrected chi connectivity index (χ1v) is 8.10. The van der Waals surface area contributed by atoms with E-state index in [0.29, 0.717) is 0 Å². The summed E-state index contributed by atoms with van der Waals surface area (Å²) >= 11 is 6.13. The molecule has 1 aliphatic carbocycles. The van der Waals surface area contributed by atoms with Crippen LogP contribution in [-0.4, -0.2) is 6.21 Å². The van der Waals surface area contributed by atoms with E-state index in [1.807, 2.05) is 18.2 Å². The van der Waals surface area contributed by atoms with Gasteiger partial charge in [-0.3, -0.25) is 4.99 Å². The number of fused-ring (bicyclic) bond motifs is 2. The molecule has 4 rings (SSSR count). The molecular weight excluding hydrogens is 278 g/mol. The Labute approximate surface area is 130 Å². The quantitative estimate of drug-likeness (QED) is 0.619. The third kappa shape index (κ3) is 2.20. The average Bonchev–Trinajstić information content (AvgIpc) is 2.86. The smallest absolute Gasteiger partial charge is 0.0667 e. The Hall–Kier alpha value is -1.60. The molecule has 1 heterocycles. The SMILES string of the molecule is Clc1cccc(-c2ccc3c(c2)C2(C=N3)CCCCC2)c1. The van der Waals surface area contributed by atoms with Crippen LogP contribution in [0, 0.1) is 0 Å². The molecule has 106 valence electrons. The van der Waals surface area contributed by atoms with Gasteiger partial charge in [0.15, 0.2) is 0 Å². The van der Waals surface area contributed by atoms with E-state index < -0.39 is 0 Å². The molecule has 2 aliphatic rings. The van der Waals surface area contributed by atoms with Crippen LogP contribution in [0.5, 0.6) is 0 Å². The van der Waals surface area contributed by atoms with Crippen LogP contribution in [0.2, 0.25) is 5.02 Å². The molecule has 1 spiro atoms. The first-order valence-electron chi connectivity index (χ1n) is 7.73. The highest BCUT2D eigenvalue weighted by Crippen LogP contribution is 2.47. The van der Waals surface area contributed by atoms with E-state index in [4.69, 9.17) is 11.6 Å². The van der Waals surface area contributed by atoms with Crippen molar-refractivity contribution in [2.45, 2.75) is 37.5 Å². The van der Waals surface area contributed by atoms with Crippen LogP contribution in [0.4, 0.5) is 5.69 Å². The topological polar surface area (TPSA) is 12.4 Å². The Kier molecular flexibility index (Phi) is 3.11. The molecule has 0 amide bonds. The van der Waals surface area contributed by atoms with Gasteiger partial charge < -0.3 is 0 Å². The lowest BCUT2D eigenvalue weighted by Crippen LogP contribution is -2.28. The number of hydrogen-bond donors (Lipinski definition) is 0. The van der Waals surface area contributed by atoms with Crippen LogP contribution in [0.25, 0.3) is 11.1 Å². The minimum absolute atomic E-state index is 0.197. The lowest BCUT2D eigenvalue weighted by atomic mass is 9.70. The van der Waals surface area contributed by atoms with E-state index >= 15 is 0 Å². The second-order valence-electron chi connectivity index (χ2n) is 6.22. The summed E-state index contributed by atoms with van der Waals surface area (Å²) in [6.07, 6.45) is 8.67. The number of benzene rings is 2. The van der Waals surface area contributed by atoms with Gasteiger partial charge >= 0.3 is 0 Å². The van der Waals surface area contributed by atoms with E-state index in [-0.39, 0.29) is 5.41 Å². The fourth-order valence-corrected chi connectivity index (χ4v) is 3.93. The molecule has 1 nitrogen and oxygen atoms in total. The fourth-order valence-electron chi connectivity index (χ4n) is 3.74. The molecule has 1 saturated carbocycles. The van der Waals surface area contributed by atoms with E-state index in [1.54, 1.807) is 0 Å². The molecule has 21 heavy (non-hydrogen) atoms. The zero-order chi connectivity index (χ0) is 14.3. The fraction of sp³-hybridized carbons (Fsp3) is 0.316. The summed E-state index contributed by atoms with van der Waals surface area (Å²) in [5.41, 5.74) is 5.19. The van der Waals surface area contributed by atoms with Gasteiger partial charge in [-0.2, -0.15) is 0 Å². The Bertz CT molecular complexity index is 711. The highest BCUT2D eigenvalue weighted by molar-refractivity contribution is 6.30. The van der Waals surface area contributed by atoms with Crippen molar-refractivity contribution in [2.75, 3.05) is 0 Å². The zero-order valence-electron chi connectivity index (χ0n) is 12.0. The Balaban J connectivity index is 1.79. The van der Waals surface area contributed by atoms with E-state index in [2.05, 4.69) is 35.5 Å². The predicted molar refractivity (Wildman–Crippen MR) is 89.8 cm³/mol. The van der Waals surface area contributed by atoms with Crippen molar-refractivity contribution < 1.29 is 0 Å². The minimum Gasteiger partial charge on any atom is -0.260 e. The van der Waals surface area contributed by atoms with E-state index in [0.717, 1.165) is 10.7 Å². The Morgan fingerprint density at radius 1 is 0.905 bits per heavy atom. The van der Waals surface area contributed by atoms with Crippen LogP contribution < -0.4 is 0 Å². The van der Waals surface area contributed by atoms with Crippen molar-refractivity contribution in [3.05, 3.63) is 53.1 Å². The molecule has 0 atom stereocenters. The first kappa shape index (κ1) is 13.1. The summed E-state index contributed by atoms with van der Waals surface area (Å²) in [4.78, 5) is 4.68. The van der Waals surface area contributed by atoms with Crippen molar-refractivity contribution in [3.63, 3.8) is 0 Å². The van der Waals surface area contributed by atoms with E-state index in [1.165, 1.54) is 48.8 Å². The highest BCUT2D eigenvalue weighted by atomic mass is 35.5. The van der Waals surface area contributed by atoms with Gasteiger partial charge in [0.05, 0.1) is 5.69 Å². The molecule has 0 aromatic heterocycles. The minimum atomic E-state index is 0.197. The number of nitrogens with zero attached hydrogens (tertiary/aromatic N) is 1. The van der Waals surface area contributed by atoms with Crippen LogP contribution >= 0.6 is 11.6 Å². The summed E-state index contributed by atoms with van der Waals surface area (Å²) in [7, 11) is 0. The van der Waals surface area contributed by atoms with Gasteiger partial charge in [-0.1, -0.05) is 49.1 Å². The number of hydrogen-bond acceptors (Lipinski definition) is 1. The largest absolute Gasteiger partial charge is 0.260 e. The van der Waals surface area contributed by atoms with Crippen molar-refractivity contribution in [3.8, 4) is 11.1 Å². The maximum atomic E-state index is 6.13. The average molecular weight is 296 g/mol. The molecule has 1 aliphatic heterocycles. The summed E-state index contributed by atoms with van der Waals surface area (Å²) in [5.74, 6) is 0. The van der Waals surface area contributed by atoms with Gasteiger partial charge in [0.25, 0.3) is 0 Å². The first-order chi connectivity index (χ1) is 10.3. The third-order valence-electron chi connectivity index (χ3n) is 4.89. The zero-order valence-corrected chi connectivity index (χ0v) is 12.7. The molecule has 0 N–H and O–H groups in total. The second-order valence-corrected chi connectivity index (χ2v) is 6.65. The van der Waals surface area contributed by atoms with Crippen molar-refractivity contribution in [1.82, 2.24) is 0 Å². The molecule has 0 bridgehead atoms. The van der Waals surface area contributed by atoms with Gasteiger partial charge in [0.1, 0.15) is 0 Å². The second kappa shape index (κ2) is 4.99. The normalized spacial score (nSPS) is 18.9. The Morgan fingerprint density at radius 2 is 1.71 bits per heavy atom. The summed E-state index contributed by atoms with van der Waals surface area (Å²) < 4.78 is 0. The van der Waals surface area contributed by atoms with Crippen LogP contribution in [-0.2, 0) is 5.41 Å². The molecular formula is C19H18ClN. The van der Waals surface area contributed by atoms with Gasteiger partial charge in [-0.05, 0) is 53.8 Å². The lowest BCUT2D eigenvalue weighted by Gasteiger charge is -2.32. The predicted octanol–water partition coefficient (Wildman–Crippen LogP) is 5.92. The van der Waals surface area contributed by atoms with Crippen molar-refractivity contribution in [1.29, 1.82) is 0 Å². The molecule has 0 radical (unpaired) electrons. The maximum absolute atomic E-state index is 6.13. The van der Waals surface area contributed by atoms with Crippen LogP contribution in [0.3, 0.4) is 0 Å². The molecule has 1 fully saturated rings. The van der Waals surface area contributed by atoms with E-state index in [9.17, 15) is 0 Å². The standard InChI is InChI=1S/C19H18ClN/c20-16-6-4-5-14(11-16)15-7-8-18-17(12-15)19(13-21-18)9-2-1-3-10-19/h4-8,11-13H,1-3,9-10H2. The molecule has 0 unspecified atom stereocenters. The molecule has 0 saturated heterocycles. The van der Waals surface area contributed by atoms with Gasteiger partial charge in [0.2, 0.25) is 0 Å². The molecule has 2 heteroatoms. The summed E-state index contributed by atoms with van der Waals surface area (Å²) in [6.45, 7) is 0. The Morgan fingerprint density at radius 3 is 2.52 bits per heavy atom. The van der Waals surface area contributed by atoms with Crippen LogP contribution in [0.15, 0.2) is 47.5 Å². The summed E-state index contributed by atoms with van der Waals surface area (Å²) in [5, 5.41) is 0.789. The van der Waals surface area contributed by atoms with Crippen molar-refractivity contribution >= 4 is 23.5 Å². The van der Waals surface area contributed by atoms with Gasteiger partial charge in [0, 0.05) is 16.7 Å². The van der Waals surface area contributed by atoms with Gasteiger partial charge in [-0.25, -0.2) is 0 Å².